The molecule has 0 radical (unpaired) electrons. The number of benzene rings is 1. The number of halogens is 1. The van der Waals surface area contributed by atoms with Crippen molar-refractivity contribution >= 4 is 17.7 Å². The lowest BCUT2D eigenvalue weighted by Crippen LogP contribution is -2.39. The van der Waals surface area contributed by atoms with E-state index in [9.17, 15) is 9.18 Å². The van der Waals surface area contributed by atoms with E-state index in [0.29, 0.717) is 29.9 Å². The second kappa shape index (κ2) is 6.66. The third-order valence-electron chi connectivity index (χ3n) is 4.12. The van der Waals surface area contributed by atoms with Gasteiger partial charge in [0.15, 0.2) is 5.82 Å². The average molecular weight is 335 g/mol. The first-order valence-corrected chi connectivity index (χ1v) is 8.76. The Kier molecular flexibility index (Phi) is 4.61. The molecular weight excluding hydrogens is 317 g/mol. The van der Waals surface area contributed by atoms with Crippen molar-refractivity contribution in [1.82, 2.24) is 25.1 Å². The van der Waals surface area contributed by atoms with Crippen LogP contribution in [0.3, 0.4) is 0 Å². The number of piperidine rings is 1. The molecule has 0 bridgehead atoms. The van der Waals surface area contributed by atoms with E-state index in [1.165, 1.54) is 16.8 Å². The summed E-state index contributed by atoms with van der Waals surface area (Å²) in [6.45, 7) is 3.09. The van der Waals surface area contributed by atoms with Gasteiger partial charge >= 0.3 is 0 Å². The molecule has 6 nitrogen and oxygen atoms in total. The summed E-state index contributed by atoms with van der Waals surface area (Å²) in [6.07, 6.45) is 3.99. The number of tetrazole rings is 1. The molecule has 1 aliphatic heterocycles. The molecule has 2 aromatic rings. The fourth-order valence-electron chi connectivity index (χ4n) is 2.74. The van der Waals surface area contributed by atoms with E-state index in [2.05, 4.69) is 21.8 Å². The van der Waals surface area contributed by atoms with Gasteiger partial charge < -0.3 is 4.90 Å². The van der Waals surface area contributed by atoms with Gasteiger partial charge in [-0.1, -0.05) is 0 Å². The van der Waals surface area contributed by atoms with Gasteiger partial charge in [0.1, 0.15) is 5.82 Å². The molecule has 1 saturated heterocycles. The van der Waals surface area contributed by atoms with Gasteiger partial charge in [0.2, 0.25) is 0 Å². The summed E-state index contributed by atoms with van der Waals surface area (Å²) in [7, 11) is 0. The monoisotopic (exact) mass is 335 g/mol. The highest BCUT2D eigenvalue weighted by Gasteiger charge is 2.25. The number of aromatic nitrogens is 4. The molecule has 0 N–H and O–H groups in total. The Hall–Kier alpha value is -1.96. The van der Waals surface area contributed by atoms with Crippen LogP contribution in [-0.2, 0) is 0 Å². The predicted molar refractivity (Wildman–Crippen MR) is 86.3 cm³/mol. The van der Waals surface area contributed by atoms with Crippen molar-refractivity contribution in [3.05, 3.63) is 35.4 Å². The minimum Gasteiger partial charge on any atom is -0.338 e. The third kappa shape index (κ3) is 3.21. The number of nitrogens with zero attached hydrogens (tertiary/aromatic N) is 5. The van der Waals surface area contributed by atoms with Crippen molar-refractivity contribution in [3.63, 3.8) is 0 Å². The highest BCUT2D eigenvalue weighted by molar-refractivity contribution is 7.99. The molecule has 0 saturated carbocycles. The van der Waals surface area contributed by atoms with Crippen LogP contribution < -0.4 is 0 Å². The number of hydrogen-bond donors (Lipinski definition) is 0. The molecule has 0 spiro atoms. The van der Waals surface area contributed by atoms with Crippen LogP contribution >= 0.6 is 11.8 Å². The van der Waals surface area contributed by atoms with Crippen molar-refractivity contribution in [1.29, 1.82) is 0 Å². The van der Waals surface area contributed by atoms with Crippen LogP contribution in [-0.4, -0.2) is 55.6 Å². The predicted octanol–water partition coefficient (Wildman–Crippen LogP) is 2.08. The maximum atomic E-state index is 14.4. The van der Waals surface area contributed by atoms with Crippen LogP contribution in [0.1, 0.15) is 29.0 Å². The van der Waals surface area contributed by atoms with Crippen LogP contribution in [0.5, 0.6) is 0 Å². The maximum absolute atomic E-state index is 14.4. The second-order valence-corrected chi connectivity index (χ2v) is 6.67. The second-order valence-electron chi connectivity index (χ2n) is 5.53. The lowest BCUT2D eigenvalue weighted by molar-refractivity contribution is 0.0723. The molecule has 0 aliphatic carbocycles. The number of likely N-dealkylation sites (tertiary alicyclic amines) is 1. The minimum atomic E-state index is -0.547. The van der Waals surface area contributed by atoms with Crippen LogP contribution in [0.25, 0.3) is 5.69 Å². The molecule has 0 unspecified atom stereocenters. The summed E-state index contributed by atoms with van der Waals surface area (Å²) < 4.78 is 15.8. The Morgan fingerprint density at radius 2 is 2.09 bits per heavy atom. The van der Waals surface area contributed by atoms with E-state index in [1.807, 2.05) is 11.8 Å². The largest absolute Gasteiger partial charge is 0.338 e. The summed E-state index contributed by atoms with van der Waals surface area (Å²) >= 11 is 1.83. The van der Waals surface area contributed by atoms with Gasteiger partial charge in [-0.2, -0.15) is 16.4 Å². The minimum absolute atomic E-state index is 0.0991. The van der Waals surface area contributed by atoms with Gasteiger partial charge in [-0.15, -0.1) is 5.10 Å². The van der Waals surface area contributed by atoms with Crippen LogP contribution in [0.2, 0.25) is 0 Å². The van der Waals surface area contributed by atoms with Gasteiger partial charge in [-0.05, 0) is 48.6 Å². The molecule has 122 valence electrons. The lowest BCUT2D eigenvalue weighted by Gasteiger charge is -2.31. The Bertz CT molecular complexity index is 712. The zero-order valence-corrected chi connectivity index (χ0v) is 13.9. The first kappa shape index (κ1) is 15.9. The summed E-state index contributed by atoms with van der Waals surface area (Å²) in [6, 6.07) is 4.47. The van der Waals surface area contributed by atoms with Gasteiger partial charge in [-0.25, -0.2) is 4.39 Å². The van der Waals surface area contributed by atoms with E-state index in [1.54, 1.807) is 17.9 Å². The number of amides is 1. The number of carbonyl (C=O) groups excluding carboxylic acids is 1. The molecule has 3 rings (SSSR count). The number of carbonyl (C=O) groups is 1. The Labute approximate surface area is 138 Å². The topological polar surface area (TPSA) is 63.9 Å². The van der Waals surface area contributed by atoms with Gasteiger partial charge in [0.05, 0.1) is 11.3 Å². The molecule has 1 aromatic heterocycles. The summed E-state index contributed by atoms with van der Waals surface area (Å²) in [5, 5.41) is 11.7. The van der Waals surface area contributed by atoms with E-state index in [-0.39, 0.29) is 11.5 Å². The molecule has 1 aliphatic rings. The summed E-state index contributed by atoms with van der Waals surface area (Å²) in [4.78, 5) is 14.2. The first-order chi connectivity index (χ1) is 11.1. The Morgan fingerprint density at radius 3 is 2.65 bits per heavy atom. The van der Waals surface area contributed by atoms with Crippen molar-refractivity contribution in [2.45, 2.75) is 25.0 Å². The molecule has 0 atom stereocenters. The van der Waals surface area contributed by atoms with Gasteiger partial charge in [-0.3, -0.25) is 4.79 Å². The highest BCUT2D eigenvalue weighted by atomic mass is 32.2. The van der Waals surface area contributed by atoms with Crippen LogP contribution in [0.15, 0.2) is 18.2 Å². The highest BCUT2D eigenvalue weighted by Crippen LogP contribution is 2.23. The zero-order valence-electron chi connectivity index (χ0n) is 13.1. The smallest absolute Gasteiger partial charge is 0.256 e. The third-order valence-corrected chi connectivity index (χ3v) is 5.25. The SMILES string of the molecule is CSC1CCN(C(=O)c2ccc(-n3nnnc3C)cc2F)CC1. The summed E-state index contributed by atoms with van der Waals surface area (Å²) in [5.74, 6) is -0.237. The number of aryl methyl sites for hydroxylation is 1. The zero-order chi connectivity index (χ0) is 16.4. The molecule has 1 aromatic carbocycles. The van der Waals surface area contributed by atoms with E-state index < -0.39 is 5.82 Å². The van der Waals surface area contributed by atoms with E-state index >= 15 is 0 Å². The standard InChI is InChI=1S/C15H18FN5OS/c1-10-17-18-19-21(10)11-3-4-13(14(16)9-11)15(22)20-7-5-12(23-2)6-8-20/h3-4,9,12H,5-8H2,1-2H3. The van der Waals surface area contributed by atoms with Crippen molar-refractivity contribution in [3.8, 4) is 5.69 Å². The van der Waals surface area contributed by atoms with Crippen molar-refractivity contribution < 1.29 is 9.18 Å². The fourth-order valence-corrected chi connectivity index (χ4v) is 3.43. The molecule has 8 heteroatoms. The Balaban J connectivity index is 1.78. The molecule has 23 heavy (non-hydrogen) atoms. The molecular formula is C15H18FN5OS. The van der Waals surface area contributed by atoms with Gasteiger partial charge in [0, 0.05) is 24.4 Å². The maximum Gasteiger partial charge on any atom is 0.256 e. The number of rotatable bonds is 3. The van der Waals surface area contributed by atoms with Crippen molar-refractivity contribution in [2.24, 2.45) is 0 Å². The fraction of sp³-hybridized carbons (Fsp3) is 0.467. The number of thioether (sulfide) groups is 1. The molecule has 1 fully saturated rings. The molecule has 2 heterocycles. The van der Waals surface area contributed by atoms with Crippen LogP contribution in [0, 0.1) is 12.7 Å². The van der Waals surface area contributed by atoms with E-state index in [0.717, 1.165) is 12.8 Å². The van der Waals surface area contributed by atoms with Crippen molar-refractivity contribution in [2.75, 3.05) is 19.3 Å². The Morgan fingerprint density at radius 1 is 1.35 bits per heavy atom. The van der Waals surface area contributed by atoms with Gasteiger partial charge in [0.25, 0.3) is 5.91 Å². The number of hydrogen-bond acceptors (Lipinski definition) is 5. The lowest BCUT2D eigenvalue weighted by atomic mass is 10.1. The van der Waals surface area contributed by atoms with Crippen LogP contribution in [0.4, 0.5) is 4.39 Å². The first-order valence-electron chi connectivity index (χ1n) is 7.47. The van der Waals surface area contributed by atoms with E-state index in [4.69, 9.17) is 0 Å². The average Bonchev–Trinajstić information content (AvgIpc) is 3.00. The summed E-state index contributed by atoms with van der Waals surface area (Å²) in [5.41, 5.74) is 0.602. The quantitative estimate of drug-likeness (QED) is 0.859. The molecule has 1 amide bonds. The normalized spacial score (nSPS) is 15.9.